The third-order valence-corrected chi connectivity index (χ3v) is 10.7. The average molecular weight is 799 g/mol. The molecular formula is C58H38N2O. The Morgan fingerprint density at radius 3 is 1.93 bits per heavy atom. The first-order valence-electron chi connectivity index (χ1n) is 29.2. The summed E-state index contributed by atoms with van der Waals surface area (Å²) in [6.07, 6.45) is 0. The van der Waals surface area contributed by atoms with E-state index in [-0.39, 0.29) is 5.69 Å². The lowest BCUT2D eigenvalue weighted by molar-refractivity contribution is 0.669. The standard InChI is InChI=1S/C58H38N2O/c1-4-16-39(17-5-1)43-35-53(41-18-6-2-7-19-41)58-54(36-43)50-32-30-46(37-55(50)60(58)44-23-8-3-9-24-44)59(47-31-33-52-51-27-12-13-29-56(51)61-57(52)38-47)45-25-14-22-42(34-45)49-28-15-21-40-20-10-11-26-48(40)49/h1-38H/i1D,2D,3D,4D,5D,6D,7D,8D,9D,16D,17D,18D,19D,23D,24D,30D,32D,35D,36D,37D. The third kappa shape index (κ3) is 5.90. The summed E-state index contributed by atoms with van der Waals surface area (Å²) in [6, 6.07) is 16.0. The van der Waals surface area contributed by atoms with E-state index >= 15 is 0 Å². The van der Waals surface area contributed by atoms with Gasteiger partial charge < -0.3 is 13.9 Å². The second kappa shape index (κ2) is 14.3. The fourth-order valence-corrected chi connectivity index (χ4v) is 8.07. The highest BCUT2D eigenvalue weighted by Crippen LogP contribution is 2.45. The molecule has 0 saturated heterocycles. The van der Waals surface area contributed by atoms with Crippen LogP contribution in [-0.2, 0) is 0 Å². The molecule has 0 aliphatic rings. The molecule has 0 aliphatic heterocycles. The molecule has 61 heavy (non-hydrogen) atoms. The quantitative estimate of drug-likeness (QED) is 0.160. The van der Waals surface area contributed by atoms with E-state index in [2.05, 4.69) is 0 Å². The maximum absolute atomic E-state index is 10.6. The van der Waals surface area contributed by atoms with E-state index in [1.165, 1.54) is 4.90 Å². The summed E-state index contributed by atoms with van der Waals surface area (Å²) < 4.78 is 192. The Balaban J connectivity index is 1.32. The van der Waals surface area contributed by atoms with Crippen LogP contribution >= 0.6 is 0 Å². The van der Waals surface area contributed by atoms with Crippen molar-refractivity contribution in [3.63, 3.8) is 0 Å². The topological polar surface area (TPSA) is 21.3 Å². The molecular weight excluding hydrogens is 741 g/mol. The van der Waals surface area contributed by atoms with Crippen LogP contribution in [0.4, 0.5) is 17.1 Å². The van der Waals surface area contributed by atoms with Crippen molar-refractivity contribution in [1.82, 2.24) is 4.57 Å². The number of hydrogen-bond acceptors (Lipinski definition) is 2. The normalized spacial score (nSPS) is 16.2. The molecule has 0 N–H and O–H groups in total. The van der Waals surface area contributed by atoms with Crippen LogP contribution in [0.1, 0.15) is 27.4 Å². The highest BCUT2D eigenvalue weighted by Gasteiger charge is 2.22. The molecule has 0 radical (unpaired) electrons. The summed E-state index contributed by atoms with van der Waals surface area (Å²) in [7, 11) is 0. The first-order chi connectivity index (χ1) is 38.6. The van der Waals surface area contributed by atoms with E-state index in [1.807, 2.05) is 72.8 Å². The molecule has 0 spiro atoms. The van der Waals surface area contributed by atoms with Gasteiger partial charge in [0.25, 0.3) is 0 Å². The molecule has 2 heterocycles. The summed E-state index contributed by atoms with van der Waals surface area (Å²) in [5.41, 5.74) is -2.01. The molecule has 0 unspecified atom stereocenters. The van der Waals surface area contributed by atoms with Gasteiger partial charge in [0.05, 0.1) is 38.4 Å². The average Bonchev–Trinajstić information content (AvgIpc) is 2.07. The summed E-state index contributed by atoms with van der Waals surface area (Å²) >= 11 is 0. The van der Waals surface area contributed by atoms with Crippen LogP contribution in [0.3, 0.4) is 0 Å². The van der Waals surface area contributed by atoms with Crippen molar-refractivity contribution < 1.29 is 31.8 Å². The molecule has 10 aromatic carbocycles. The second-order valence-corrected chi connectivity index (χ2v) is 14.2. The number of hydrogen-bond donors (Lipinski definition) is 0. The molecule has 0 saturated carbocycles. The van der Waals surface area contributed by atoms with Crippen LogP contribution in [0, 0.1) is 0 Å². The molecule has 2 aromatic heterocycles. The van der Waals surface area contributed by atoms with Crippen LogP contribution in [-0.4, -0.2) is 4.57 Å². The summed E-state index contributed by atoms with van der Waals surface area (Å²) in [5, 5.41) is 2.32. The number of anilines is 3. The first-order valence-corrected chi connectivity index (χ1v) is 19.2. The van der Waals surface area contributed by atoms with E-state index in [9.17, 15) is 12.3 Å². The molecule has 0 bridgehead atoms. The van der Waals surface area contributed by atoms with Crippen molar-refractivity contribution >= 4 is 71.6 Å². The largest absolute Gasteiger partial charge is 0.456 e. The molecule has 0 fully saturated rings. The molecule has 3 heteroatoms. The maximum Gasteiger partial charge on any atom is 0.137 e. The van der Waals surface area contributed by atoms with E-state index in [0.29, 0.717) is 28.1 Å². The molecule has 12 aromatic rings. The lowest BCUT2D eigenvalue weighted by atomic mass is 9.95. The Morgan fingerprint density at radius 2 is 1.10 bits per heavy atom. The van der Waals surface area contributed by atoms with Crippen LogP contribution in [0.25, 0.3) is 93.6 Å². The summed E-state index contributed by atoms with van der Waals surface area (Å²) in [6.45, 7) is 0. The van der Waals surface area contributed by atoms with Crippen molar-refractivity contribution in [2.45, 2.75) is 0 Å². The highest BCUT2D eigenvalue weighted by molar-refractivity contribution is 6.16. The van der Waals surface area contributed by atoms with E-state index in [0.717, 1.165) is 31.7 Å². The minimum atomic E-state index is -0.962. The predicted octanol–water partition coefficient (Wildman–Crippen LogP) is 16.3. The van der Waals surface area contributed by atoms with Crippen LogP contribution < -0.4 is 4.90 Å². The maximum atomic E-state index is 10.6. The minimum absolute atomic E-state index is 0.292. The molecule has 0 aliphatic carbocycles. The Hall–Kier alpha value is -8.14. The summed E-state index contributed by atoms with van der Waals surface area (Å²) in [5.74, 6) is 0. The minimum Gasteiger partial charge on any atom is -0.456 e. The SMILES string of the molecule is [2H]c1c([2H])c([2H])c(-c2c([2H])c(-c3c([2H])c([2H])c([2H])c([2H])c3[2H])c3c(c2[2H])c2c([2H])c([2H])c(N(c4cccc(-c5cccc6ccccc56)c4)c4ccc5c(c4)oc4ccccc45)c([2H])c2n3-c2c([2H])c([2H])c([2H])c([2H])c2[2H])c([2H])c1[2H]. The van der Waals surface area contributed by atoms with Gasteiger partial charge in [-0.1, -0.05) is 157 Å². The molecule has 0 atom stereocenters. The molecule has 3 nitrogen and oxygen atoms in total. The number of benzene rings is 10. The Kier molecular flexibility index (Phi) is 4.74. The number of aromatic nitrogens is 1. The van der Waals surface area contributed by atoms with Gasteiger partial charge in [-0.05, 0) is 105 Å². The van der Waals surface area contributed by atoms with Crippen molar-refractivity contribution in [2.75, 3.05) is 4.90 Å². The van der Waals surface area contributed by atoms with Gasteiger partial charge in [-0.25, -0.2) is 0 Å². The van der Waals surface area contributed by atoms with Gasteiger partial charge in [0.15, 0.2) is 0 Å². The monoisotopic (exact) mass is 798 g/mol. The zero-order chi connectivity index (χ0) is 57.7. The third-order valence-electron chi connectivity index (χ3n) is 10.7. The number of furan rings is 1. The Morgan fingerprint density at radius 1 is 0.410 bits per heavy atom. The van der Waals surface area contributed by atoms with Gasteiger partial charge in [0.1, 0.15) is 11.2 Å². The zero-order valence-electron chi connectivity index (χ0n) is 51.7. The Bertz CT molecular complexity index is 4710. The Labute approximate surface area is 381 Å². The fourth-order valence-electron chi connectivity index (χ4n) is 8.07. The van der Waals surface area contributed by atoms with Crippen LogP contribution in [0.15, 0.2) is 234 Å². The van der Waals surface area contributed by atoms with Gasteiger partial charge in [-0.2, -0.15) is 0 Å². The van der Waals surface area contributed by atoms with Crippen LogP contribution in [0.5, 0.6) is 0 Å². The predicted molar refractivity (Wildman–Crippen MR) is 257 cm³/mol. The van der Waals surface area contributed by atoms with Gasteiger partial charge in [0, 0.05) is 55.9 Å². The number of fused-ring (bicyclic) bond motifs is 7. The second-order valence-electron chi connectivity index (χ2n) is 14.2. The van der Waals surface area contributed by atoms with Crippen molar-refractivity contribution in [2.24, 2.45) is 0 Å². The van der Waals surface area contributed by atoms with E-state index < -0.39 is 171 Å². The number of nitrogens with zero attached hydrogens (tertiary/aromatic N) is 2. The van der Waals surface area contributed by atoms with Crippen molar-refractivity contribution in [3.8, 4) is 39.1 Å². The molecule has 12 rings (SSSR count). The molecule has 286 valence electrons. The molecule has 0 amide bonds. The van der Waals surface area contributed by atoms with E-state index in [1.54, 1.807) is 36.4 Å². The lowest BCUT2D eigenvalue weighted by Crippen LogP contribution is -2.10. The van der Waals surface area contributed by atoms with Crippen molar-refractivity contribution in [1.29, 1.82) is 0 Å². The summed E-state index contributed by atoms with van der Waals surface area (Å²) in [4.78, 5) is 1.53. The zero-order valence-corrected chi connectivity index (χ0v) is 31.7. The first kappa shape index (κ1) is 20.2. The lowest BCUT2D eigenvalue weighted by Gasteiger charge is -2.26. The van der Waals surface area contributed by atoms with E-state index in [4.69, 9.17) is 19.5 Å². The van der Waals surface area contributed by atoms with Gasteiger partial charge >= 0.3 is 0 Å². The highest BCUT2D eigenvalue weighted by atomic mass is 16.3. The number of rotatable bonds is 7. The van der Waals surface area contributed by atoms with Gasteiger partial charge in [-0.15, -0.1) is 0 Å². The van der Waals surface area contributed by atoms with Crippen LogP contribution in [0.2, 0.25) is 0 Å². The van der Waals surface area contributed by atoms with Gasteiger partial charge in [0.2, 0.25) is 0 Å². The smallest absolute Gasteiger partial charge is 0.137 e. The number of para-hydroxylation sites is 2. The fraction of sp³-hybridized carbons (Fsp3) is 0. The van der Waals surface area contributed by atoms with Crippen molar-refractivity contribution in [3.05, 3.63) is 230 Å². The van der Waals surface area contributed by atoms with Gasteiger partial charge in [-0.3, -0.25) is 0 Å².